The van der Waals surface area contributed by atoms with Crippen LogP contribution in [0.5, 0.6) is 0 Å². The fraction of sp³-hybridized carbons (Fsp3) is 0.529. The molecule has 1 saturated heterocycles. The summed E-state index contributed by atoms with van der Waals surface area (Å²) in [5.41, 5.74) is 2.38. The molecule has 1 atom stereocenters. The molecule has 0 aliphatic carbocycles. The van der Waals surface area contributed by atoms with E-state index in [0.717, 1.165) is 12.0 Å². The minimum absolute atomic E-state index is 0.308. The number of likely N-dealkylation sites (tertiary alicyclic amines) is 1. The maximum atomic E-state index is 12.4. The van der Waals surface area contributed by atoms with Crippen LogP contribution in [0.3, 0.4) is 0 Å². The second kappa shape index (κ2) is 6.20. The Balaban J connectivity index is 1.69. The number of urea groups is 1. The number of rotatable bonds is 3. The van der Waals surface area contributed by atoms with Gasteiger partial charge in [0.15, 0.2) is 0 Å². The Hall–Kier alpha value is -2.08. The third-order valence-corrected chi connectivity index (χ3v) is 4.90. The van der Waals surface area contributed by atoms with Gasteiger partial charge in [0, 0.05) is 13.1 Å². The van der Waals surface area contributed by atoms with Crippen molar-refractivity contribution in [1.82, 2.24) is 10.2 Å². The number of aliphatic carboxylic acids is 1. The van der Waals surface area contributed by atoms with Crippen molar-refractivity contribution in [3.63, 3.8) is 0 Å². The average molecular weight is 318 g/mol. The number of nitrogens with zero attached hydrogens (tertiary/aromatic N) is 1. The molecular weight excluding hydrogens is 296 g/mol. The van der Waals surface area contributed by atoms with E-state index in [9.17, 15) is 14.7 Å². The van der Waals surface area contributed by atoms with E-state index >= 15 is 0 Å². The zero-order valence-corrected chi connectivity index (χ0v) is 13.3. The van der Waals surface area contributed by atoms with Crippen LogP contribution in [0.15, 0.2) is 18.2 Å². The maximum Gasteiger partial charge on any atom is 0.329 e. The van der Waals surface area contributed by atoms with Gasteiger partial charge in [-0.15, -0.1) is 0 Å². The number of amides is 2. The lowest BCUT2D eigenvalue weighted by Crippen LogP contribution is -2.54. The summed E-state index contributed by atoms with van der Waals surface area (Å²) in [7, 11) is 0. The number of benzene rings is 1. The molecular formula is C17H22N2O4. The fourth-order valence-corrected chi connectivity index (χ4v) is 3.44. The Bertz CT molecular complexity index is 631. The van der Waals surface area contributed by atoms with Crippen molar-refractivity contribution < 1.29 is 19.4 Å². The van der Waals surface area contributed by atoms with E-state index in [2.05, 4.69) is 5.32 Å². The molecule has 6 heteroatoms. The number of nitrogens with one attached hydrogen (secondary N) is 1. The summed E-state index contributed by atoms with van der Waals surface area (Å²) in [5.74, 6) is -0.945. The molecule has 1 aromatic carbocycles. The quantitative estimate of drug-likeness (QED) is 0.892. The molecule has 3 rings (SSSR count). The Morgan fingerprint density at radius 3 is 3.04 bits per heavy atom. The summed E-state index contributed by atoms with van der Waals surface area (Å²) >= 11 is 0. The number of hydrogen-bond acceptors (Lipinski definition) is 3. The van der Waals surface area contributed by atoms with Crippen LogP contribution in [0.4, 0.5) is 4.79 Å². The first kappa shape index (κ1) is 15.8. The molecule has 23 heavy (non-hydrogen) atoms. The SMILES string of the molecule is CC1(C(=O)O)CCCN1C(=O)NCc1cccc2c1CCOC2. The smallest absolute Gasteiger partial charge is 0.329 e. The predicted octanol–water partition coefficient (Wildman–Crippen LogP) is 1.91. The molecule has 1 fully saturated rings. The van der Waals surface area contributed by atoms with E-state index in [1.807, 2.05) is 18.2 Å². The molecule has 2 amide bonds. The first-order chi connectivity index (χ1) is 11.0. The van der Waals surface area contributed by atoms with Crippen LogP contribution in [-0.4, -0.2) is 40.7 Å². The van der Waals surface area contributed by atoms with Crippen LogP contribution in [0, 0.1) is 0 Å². The van der Waals surface area contributed by atoms with Gasteiger partial charge in [-0.3, -0.25) is 0 Å². The largest absolute Gasteiger partial charge is 0.480 e. The third-order valence-electron chi connectivity index (χ3n) is 4.90. The minimum atomic E-state index is -1.10. The van der Waals surface area contributed by atoms with Crippen molar-refractivity contribution in [3.8, 4) is 0 Å². The van der Waals surface area contributed by atoms with E-state index in [4.69, 9.17) is 4.74 Å². The molecule has 0 spiro atoms. The van der Waals surface area contributed by atoms with E-state index < -0.39 is 11.5 Å². The Morgan fingerprint density at radius 1 is 1.43 bits per heavy atom. The molecule has 0 saturated carbocycles. The van der Waals surface area contributed by atoms with Gasteiger partial charge in [0.05, 0.1) is 13.2 Å². The maximum absolute atomic E-state index is 12.4. The first-order valence-electron chi connectivity index (χ1n) is 7.98. The van der Waals surface area contributed by atoms with Gasteiger partial charge in [-0.05, 0) is 42.9 Å². The lowest BCUT2D eigenvalue weighted by atomic mass is 9.97. The number of hydrogen-bond donors (Lipinski definition) is 2. The predicted molar refractivity (Wildman–Crippen MR) is 84.0 cm³/mol. The van der Waals surface area contributed by atoms with Crippen LogP contribution < -0.4 is 5.32 Å². The van der Waals surface area contributed by atoms with Gasteiger partial charge in [-0.25, -0.2) is 9.59 Å². The van der Waals surface area contributed by atoms with Crippen molar-refractivity contribution in [2.24, 2.45) is 0 Å². The van der Waals surface area contributed by atoms with Crippen molar-refractivity contribution in [3.05, 3.63) is 34.9 Å². The minimum Gasteiger partial charge on any atom is -0.480 e. The molecule has 2 aliphatic heterocycles. The molecule has 2 N–H and O–H groups in total. The van der Waals surface area contributed by atoms with Crippen LogP contribution in [0.1, 0.15) is 36.5 Å². The van der Waals surface area contributed by atoms with Gasteiger partial charge in [0.2, 0.25) is 0 Å². The monoisotopic (exact) mass is 318 g/mol. The molecule has 1 unspecified atom stereocenters. The number of fused-ring (bicyclic) bond motifs is 1. The third kappa shape index (κ3) is 2.91. The Labute approximate surface area is 135 Å². The Kier molecular flexibility index (Phi) is 4.26. The highest BCUT2D eigenvalue weighted by atomic mass is 16.5. The second-order valence-corrected chi connectivity index (χ2v) is 6.35. The van der Waals surface area contributed by atoms with E-state index in [0.29, 0.717) is 39.1 Å². The summed E-state index contributed by atoms with van der Waals surface area (Å²) in [6, 6.07) is 5.70. The van der Waals surface area contributed by atoms with Gasteiger partial charge in [-0.2, -0.15) is 0 Å². The topological polar surface area (TPSA) is 78.9 Å². The molecule has 2 heterocycles. The van der Waals surface area contributed by atoms with E-state index in [1.165, 1.54) is 16.0 Å². The highest BCUT2D eigenvalue weighted by Gasteiger charge is 2.45. The van der Waals surface area contributed by atoms with Crippen molar-refractivity contribution in [1.29, 1.82) is 0 Å². The molecule has 0 bridgehead atoms. The number of ether oxygens (including phenoxy) is 1. The van der Waals surface area contributed by atoms with E-state index in [-0.39, 0.29) is 6.03 Å². The molecule has 0 radical (unpaired) electrons. The standard InChI is InChI=1S/C17H22N2O4/c1-17(15(20)21)7-3-8-19(17)16(22)18-10-12-4-2-5-13-11-23-9-6-14(12)13/h2,4-5H,3,6-11H2,1H3,(H,18,22)(H,20,21). The zero-order chi connectivity index (χ0) is 16.4. The Morgan fingerprint density at radius 2 is 2.26 bits per heavy atom. The lowest BCUT2D eigenvalue weighted by molar-refractivity contribution is -0.147. The van der Waals surface area contributed by atoms with Gasteiger partial charge < -0.3 is 20.1 Å². The number of carbonyl (C=O) groups excluding carboxylic acids is 1. The first-order valence-corrected chi connectivity index (χ1v) is 7.98. The molecule has 6 nitrogen and oxygen atoms in total. The van der Waals surface area contributed by atoms with Crippen LogP contribution >= 0.6 is 0 Å². The lowest BCUT2D eigenvalue weighted by Gasteiger charge is -2.31. The van der Waals surface area contributed by atoms with Crippen LogP contribution in [0.25, 0.3) is 0 Å². The fourth-order valence-electron chi connectivity index (χ4n) is 3.44. The zero-order valence-electron chi connectivity index (χ0n) is 13.3. The summed E-state index contributed by atoms with van der Waals surface area (Å²) in [6.07, 6.45) is 2.06. The highest BCUT2D eigenvalue weighted by molar-refractivity contribution is 5.86. The normalized spacial score (nSPS) is 23.4. The molecule has 0 aromatic heterocycles. The van der Waals surface area contributed by atoms with Crippen LogP contribution in [0.2, 0.25) is 0 Å². The van der Waals surface area contributed by atoms with Gasteiger partial charge in [-0.1, -0.05) is 18.2 Å². The molecule has 1 aromatic rings. The van der Waals surface area contributed by atoms with Crippen molar-refractivity contribution >= 4 is 12.0 Å². The van der Waals surface area contributed by atoms with Gasteiger partial charge in [0.25, 0.3) is 0 Å². The van der Waals surface area contributed by atoms with E-state index in [1.54, 1.807) is 6.92 Å². The van der Waals surface area contributed by atoms with Gasteiger partial charge in [0.1, 0.15) is 5.54 Å². The number of carboxylic acids is 1. The van der Waals surface area contributed by atoms with Crippen LogP contribution in [-0.2, 0) is 29.1 Å². The molecule has 2 aliphatic rings. The summed E-state index contributed by atoms with van der Waals surface area (Å²) in [4.78, 5) is 25.3. The average Bonchev–Trinajstić information content (AvgIpc) is 2.96. The highest BCUT2D eigenvalue weighted by Crippen LogP contribution is 2.29. The second-order valence-electron chi connectivity index (χ2n) is 6.35. The van der Waals surface area contributed by atoms with Crippen molar-refractivity contribution in [2.45, 2.75) is 44.9 Å². The summed E-state index contributed by atoms with van der Waals surface area (Å²) < 4.78 is 5.45. The van der Waals surface area contributed by atoms with Gasteiger partial charge >= 0.3 is 12.0 Å². The number of carboxylic acid groups (broad SMARTS) is 1. The number of carbonyl (C=O) groups is 2. The summed E-state index contributed by atoms with van der Waals surface area (Å²) in [5, 5.41) is 12.3. The summed E-state index contributed by atoms with van der Waals surface area (Å²) in [6.45, 7) is 3.81. The molecule has 124 valence electrons. The van der Waals surface area contributed by atoms with Crippen molar-refractivity contribution in [2.75, 3.05) is 13.2 Å².